The standard InChI is InChI=1S/C19H18ClN5O/c1-25(2)14-9-7-13(8-10-14)23-18-12-21-17(11-22-18)19(26)24-16-6-4-3-5-15(16)20/h3-12H,1-2H3,(H,22,23)(H,24,26). The Bertz CT molecular complexity index is 895. The van der Waals surface area contributed by atoms with Crippen molar-refractivity contribution in [3.05, 3.63) is 71.6 Å². The van der Waals surface area contributed by atoms with Crippen LogP contribution < -0.4 is 15.5 Å². The second-order valence-electron chi connectivity index (χ2n) is 5.79. The maximum absolute atomic E-state index is 12.2. The van der Waals surface area contributed by atoms with E-state index < -0.39 is 0 Å². The first-order valence-electron chi connectivity index (χ1n) is 7.95. The molecule has 2 N–H and O–H groups in total. The second kappa shape index (κ2) is 7.84. The van der Waals surface area contributed by atoms with Gasteiger partial charge in [-0.15, -0.1) is 0 Å². The van der Waals surface area contributed by atoms with E-state index in [2.05, 4.69) is 20.6 Å². The number of carbonyl (C=O) groups excluding carboxylic acids is 1. The molecule has 0 radical (unpaired) electrons. The van der Waals surface area contributed by atoms with Crippen molar-refractivity contribution in [3.63, 3.8) is 0 Å². The van der Waals surface area contributed by atoms with Gasteiger partial charge in [0.1, 0.15) is 11.5 Å². The molecule has 0 fully saturated rings. The van der Waals surface area contributed by atoms with Gasteiger partial charge in [-0.3, -0.25) is 4.79 Å². The first-order valence-corrected chi connectivity index (χ1v) is 8.33. The lowest BCUT2D eigenvalue weighted by Gasteiger charge is -2.13. The number of hydrogen-bond acceptors (Lipinski definition) is 5. The molecule has 0 aliphatic carbocycles. The third-order valence-electron chi connectivity index (χ3n) is 3.66. The summed E-state index contributed by atoms with van der Waals surface area (Å²) in [4.78, 5) is 22.7. The van der Waals surface area contributed by atoms with E-state index >= 15 is 0 Å². The Morgan fingerprint density at radius 2 is 1.73 bits per heavy atom. The zero-order valence-electron chi connectivity index (χ0n) is 14.4. The summed E-state index contributed by atoms with van der Waals surface area (Å²) >= 11 is 6.04. The molecular formula is C19H18ClN5O. The summed E-state index contributed by atoms with van der Waals surface area (Å²) < 4.78 is 0. The molecule has 26 heavy (non-hydrogen) atoms. The number of aromatic nitrogens is 2. The van der Waals surface area contributed by atoms with Crippen LogP contribution in [0.3, 0.4) is 0 Å². The molecule has 0 atom stereocenters. The molecule has 0 saturated heterocycles. The minimum Gasteiger partial charge on any atom is -0.378 e. The Balaban J connectivity index is 1.66. The summed E-state index contributed by atoms with van der Waals surface area (Å²) in [6.45, 7) is 0. The van der Waals surface area contributed by atoms with Crippen LogP contribution in [0.15, 0.2) is 60.9 Å². The SMILES string of the molecule is CN(C)c1ccc(Nc2cnc(C(=O)Nc3ccccc3Cl)cn2)cc1. The maximum atomic E-state index is 12.2. The molecule has 3 aromatic rings. The van der Waals surface area contributed by atoms with Crippen molar-refractivity contribution in [2.45, 2.75) is 0 Å². The molecule has 7 heteroatoms. The first-order chi connectivity index (χ1) is 12.5. The lowest BCUT2D eigenvalue weighted by Crippen LogP contribution is -2.14. The molecular weight excluding hydrogens is 350 g/mol. The molecule has 6 nitrogen and oxygen atoms in total. The molecule has 0 aliphatic rings. The van der Waals surface area contributed by atoms with E-state index in [1.807, 2.05) is 43.3 Å². The molecule has 1 amide bonds. The van der Waals surface area contributed by atoms with Crippen molar-refractivity contribution >= 4 is 40.4 Å². The van der Waals surface area contributed by atoms with Gasteiger partial charge in [-0.2, -0.15) is 0 Å². The highest BCUT2D eigenvalue weighted by molar-refractivity contribution is 6.33. The predicted molar refractivity (Wildman–Crippen MR) is 105 cm³/mol. The molecule has 132 valence electrons. The van der Waals surface area contributed by atoms with Crippen LogP contribution in [0.2, 0.25) is 5.02 Å². The zero-order valence-corrected chi connectivity index (χ0v) is 15.2. The summed E-state index contributed by atoms with van der Waals surface area (Å²) in [6, 6.07) is 14.9. The minimum absolute atomic E-state index is 0.207. The average Bonchev–Trinajstić information content (AvgIpc) is 2.64. The number of halogens is 1. The smallest absolute Gasteiger partial charge is 0.275 e. The summed E-state index contributed by atoms with van der Waals surface area (Å²) in [5.41, 5.74) is 2.73. The van der Waals surface area contributed by atoms with Gasteiger partial charge in [0.05, 0.1) is 23.1 Å². The number of carbonyl (C=O) groups is 1. The van der Waals surface area contributed by atoms with Crippen molar-refractivity contribution in [2.75, 3.05) is 29.6 Å². The highest BCUT2D eigenvalue weighted by Crippen LogP contribution is 2.21. The van der Waals surface area contributed by atoms with Crippen molar-refractivity contribution < 1.29 is 4.79 Å². The molecule has 0 unspecified atom stereocenters. The Kier molecular flexibility index (Phi) is 5.34. The summed E-state index contributed by atoms with van der Waals surface area (Å²) in [5.74, 6) is 0.185. The van der Waals surface area contributed by atoms with E-state index in [9.17, 15) is 4.79 Å². The van der Waals surface area contributed by atoms with Crippen LogP contribution in [0.1, 0.15) is 10.5 Å². The number of nitrogens with zero attached hydrogens (tertiary/aromatic N) is 3. The largest absolute Gasteiger partial charge is 0.378 e. The average molecular weight is 368 g/mol. The number of hydrogen-bond donors (Lipinski definition) is 2. The van der Waals surface area contributed by atoms with Crippen LogP contribution >= 0.6 is 11.6 Å². The molecule has 0 aliphatic heterocycles. The van der Waals surface area contributed by atoms with Gasteiger partial charge in [0.2, 0.25) is 0 Å². The normalized spacial score (nSPS) is 10.3. The zero-order chi connectivity index (χ0) is 18.5. The minimum atomic E-state index is -0.368. The van der Waals surface area contributed by atoms with E-state index in [0.717, 1.165) is 11.4 Å². The van der Waals surface area contributed by atoms with Crippen LogP contribution in [-0.4, -0.2) is 30.0 Å². The van der Waals surface area contributed by atoms with E-state index in [-0.39, 0.29) is 11.6 Å². The van der Waals surface area contributed by atoms with Crippen molar-refractivity contribution in [3.8, 4) is 0 Å². The van der Waals surface area contributed by atoms with Gasteiger partial charge in [-0.05, 0) is 36.4 Å². The fourth-order valence-electron chi connectivity index (χ4n) is 2.25. The second-order valence-corrected chi connectivity index (χ2v) is 6.19. The van der Waals surface area contributed by atoms with Gasteiger partial charge in [0.15, 0.2) is 0 Å². The van der Waals surface area contributed by atoms with Gasteiger partial charge in [0.25, 0.3) is 5.91 Å². The quantitative estimate of drug-likeness (QED) is 0.707. The molecule has 2 aromatic carbocycles. The number of benzene rings is 2. The molecule has 0 saturated carbocycles. The van der Waals surface area contributed by atoms with E-state index in [0.29, 0.717) is 16.5 Å². The fourth-order valence-corrected chi connectivity index (χ4v) is 2.43. The molecule has 0 bridgehead atoms. The molecule has 3 rings (SSSR count). The molecule has 1 aromatic heterocycles. The third-order valence-corrected chi connectivity index (χ3v) is 3.99. The van der Waals surface area contributed by atoms with E-state index in [1.54, 1.807) is 24.3 Å². The molecule has 0 spiro atoms. The highest BCUT2D eigenvalue weighted by Gasteiger charge is 2.10. The highest BCUT2D eigenvalue weighted by atomic mass is 35.5. The van der Waals surface area contributed by atoms with Crippen LogP contribution in [-0.2, 0) is 0 Å². The van der Waals surface area contributed by atoms with Crippen molar-refractivity contribution in [2.24, 2.45) is 0 Å². The topological polar surface area (TPSA) is 70.2 Å². The fraction of sp³-hybridized carbons (Fsp3) is 0.105. The van der Waals surface area contributed by atoms with Crippen LogP contribution in [0.25, 0.3) is 0 Å². The van der Waals surface area contributed by atoms with Gasteiger partial charge in [-0.1, -0.05) is 23.7 Å². The lowest BCUT2D eigenvalue weighted by molar-refractivity contribution is 0.102. The third kappa shape index (κ3) is 4.29. The Morgan fingerprint density at radius 3 is 2.35 bits per heavy atom. The first kappa shape index (κ1) is 17.7. The van der Waals surface area contributed by atoms with Crippen molar-refractivity contribution in [1.82, 2.24) is 9.97 Å². The molecule has 1 heterocycles. The van der Waals surface area contributed by atoms with E-state index in [1.165, 1.54) is 12.4 Å². The van der Waals surface area contributed by atoms with E-state index in [4.69, 9.17) is 11.6 Å². The van der Waals surface area contributed by atoms with Crippen LogP contribution in [0.4, 0.5) is 22.9 Å². The Morgan fingerprint density at radius 1 is 1.00 bits per heavy atom. The van der Waals surface area contributed by atoms with Gasteiger partial charge in [-0.25, -0.2) is 9.97 Å². The summed E-state index contributed by atoms with van der Waals surface area (Å²) in [6.07, 6.45) is 2.93. The summed E-state index contributed by atoms with van der Waals surface area (Å²) in [5, 5.41) is 6.33. The number of anilines is 4. The number of amides is 1. The number of para-hydroxylation sites is 1. The van der Waals surface area contributed by atoms with Gasteiger partial charge in [0, 0.05) is 25.5 Å². The monoisotopic (exact) mass is 367 g/mol. The number of nitrogens with one attached hydrogen (secondary N) is 2. The number of rotatable bonds is 5. The maximum Gasteiger partial charge on any atom is 0.275 e. The van der Waals surface area contributed by atoms with Crippen LogP contribution in [0, 0.1) is 0 Å². The predicted octanol–water partition coefficient (Wildman–Crippen LogP) is 4.19. The Labute approximate surface area is 156 Å². The van der Waals surface area contributed by atoms with Gasteiger partial charge < -0.3 is 15.5 Å². The lowest BCUT2D eigenvalue weighted by atomic mass is 10.2. The van der Waals surface area contributed by atoms with Crippen molar-refractivity contribution in [1.29, 1.82) is 0 Å². The van der Waals surface area contributed by atoms with Gasteiger partial charge >= 0.3 is 0 Å². The Hall–Kier alpha value is -3.12. The van der Waals surface area contributed by atoms with Crippen LogP contribution in [0.5, 0.6) is 0 Å². The summed E-state index contributed by atoms with van der Waals surface area (Å²) in [7, 11) is 3.97.